The van der Waals surface area contributed by atoms with Crippen LogP contribution in [0.1, 0.15) is 52.9 Å². The highest BCUT2D eigenvalue weighted by atomic mass is 16.2. The molecule has 1 aliphatic heterocycles. The Kier molecular flexibility index (Phi) is 4.97. The maximum absolute atomic E-state index is 12.1. The minimum atomic E-state index is -0.388. The van der Waals surface area contributed by atoms with E-state index in [-0.39, 0.29) is 23.3 Å². The normalized spacial score (nSPS) is 21.6. The summed E-state index contributed by atoms with van der Waals surface area (Å²) in [4.78, 5) is 23.8. The highest BCUT2D eigenvalue weighted by Crippen LogP contribution is 2.22. The van der Waals surface area contributed by atoms with Crippen LogP contribution in [0.5, 0.6) is 0 Å². The molecule has 0 unspecified atom stereocenters. The van der Waals surface area contributed by atoms with Crippen LogP contribution in [-0.4, -0.2) is 24.4 Å². The maximum atomic E-state index is 12.1. The SMILES string of the molecule is CCCC(C)(C)C(=O)N[C@H]1CCCCNC1=O. The van der Waals surface area contributed by atoms with E-state index in [1.165, 1.54) is 0 Å². The van der Waals surface area contributed by atoms with Crippen molar-refractivity contribution in [3.05, 3.63) is 0 Å². The number of hydrogen-bond donors (Lipinski definition) is 2. The van der Waals surface area contributed by atoms with Crippen LogP contribution in [-0.2, 0) is 9.59 Å². The van der Waals surface area contributed by atoms with Crippen LogP contribution >= 0.6 is 0 Å². The van der Waals surface area contributed by atoms with E-state index in [4.69, 9.17) is 0 Å². The molecule has 1 saturated heterocycles. The van der Waals surface area contributed by atoms with E-state index < -0.39 is 0 Å². The summed E-state index contributed by atoms with van der Waals surface area (Å²) in [6, 6.07) is -0.346. The predicted octanol–water partition coefficient (Wildman–Crippen LogP) is 1.60. The molecule has 1 heterocycles. The molecule has 0 spiro atoms. The summed E-state index contributed by atoms with van der Waals surface area (Å²) in [5.41, 5.74) is -0.388. The Labute approximate surface area is 104 Å². The first kappa shape index (κ1) is 14.0. The molecule has 0 radical (unpaired) electrons. The first-order chi connectivity index (χ1) is 7.97. The van der Waals surface area contributed by atoms with Gasteiger partial charge in [0.05, 0.1) is 0 Å². The second-order valence-corrected chi connectivity index (χ2v) is 5.45. The van der Waals surface area contributed by atoms with Gasteiger partial charge in [-0.25, -0.2) is 0 Å². The van der Waals surface area contributed by atoms with E-state index in [1.54, 1.807) is 0 Å². The van der Waals surface area contributed by atoms with Crippen molar-refractivity contribution in [1.29, 1.82) is 0 Å². The Bertz CT molecular complexity index is 287. The minimum absolute atomic E-state index is 0.0126. The quantitative estimate of drug-likeness (QED) is 0.784. The van der Waals surface area contributed by atoms with Crippen molar-refractivity contribution >= 4 is 11.8 Å². The van der Waals surface area contributed by atoms with Crippen molar-refractivity contribution in [2.75, 3.05) is 6.54 Å². The summed E-state index contributed by atoms with van der Waals surface area (Å²) in [7, 11) is 0. The number of hydrogen-bond acceptors (Lipinski definition) is 2. The smallest absolute Gasteiger partial charge is 0.242 e. The van der Waals surface area contributed by atoms with Gasteiger partial charge < -0.3 is 10.6 Å². The van der Waals surface area contributed by atoms with Crippen molar-refractivity contribution in [2.45, 2.75) is 58.9 Å². The first-order valence-corrected chi connectivity index (χ1v) is 6.56. The summed E-state index contributed by atoms with van der Waals surface area (Å²) in [5.74, 6) is -0.0513. The molecular formula is C13H24N2O2. The van der Waals surface area contributed by atoms with Gasteiger partial charge in [0.1, 0.15) is 6.04 Å². The predicted molar refractivity (Wildman–Crippen MR) is 67.5 cm³/mol. The van der Waals surface area contributed by atoms with Crippen LogP contribution in [0, 0.1) is 5.41 Å². The summed E-state index contributed by atoms with van der Waals surface area (Å²) < 4.78 is 0. The van der Waals surface area contributed by atoms with E-state index in [1.807, 2.05) is 13.8 Å². The number of carbonyl (C=O) groups excluding carboxylic acids is 2. The van der Waals surface area contributed by atoms with Crippen LogP contribution in [0.25, 0.3) is 0 Å². The number of nitrogens with one attached hydrogen (secondary N) is 2. The van der Waals surface area contributed by atoms with Crippen molar-refractivity contribution in [3.8, 4) is 0 Å². The third kappa shape index (κ3) is 4.02. The van der Waals surface area contributed by atoms with Crippen molar-refractivity contribution in [1.82, 2.24) is 10.6 Å². The van der Waals surface area contributed by atoms with Gasteiger partial charge in [-0.2, -0.15) is 0 Å². The van der Waals surface area contributed by atoms with E-state index in [0.717, 1.165) is 38.6 Å². The Morgan fingerprint density at radius 3 is 2.82 bits per heavy atom. The zero-order valence-electron chi connectivity index (χ0n) is 11.1. The fourth-order valence-corrected chi connectivity index (χ4v) is 2.17. The third-order valence-corrected chi connectivity index (χ3v) is 3.33. The standard InChI is InChI=1S/C13H24N2O2/c1-4-8-13(2,3)12(17)15-10-7-5-6-9-14-11(10)16/h10H,4-9H2,1-3H3,(H,14,16)(H,15,17)/t10-/m0/s1. The third-order valence-electron chi connectivity index (χ3n) is 3.33. The monoisotopic (exact) mass is 240 g/mol. The van der Waals surface area contributed by atoms with Crippen molar-refractivity contribution < 1.29 is 9.59 Å². The molecule has 1 atom stereocenters. The molecule has 98 valence electrons. The Morgan fingerprint density at radius 1 is 1.47 bits per heavy atom. The molecule has 4 heteroatoms. The van der Waals surface area contributed by atoms with Gasteiger partial charge in [0, 0.05) is 12.0 Å². The lowest BCUT2D eigenvalue weighted by molar-refractivity contribution is -0.134. The molecule has 0 bridgehead atoms. The molecule has 0 saturated carbocycles. The van der Waals surface area contributed by atoms with Gasteiger partial charge in [-0.05, 0) is 25.7 Å². The average Bonchev–Trinajstić information content (AvgIpc) is 2.44. The van der Waals surface area contributed by atoms with Gasteiger partial charge in [0.15, 0.2) is 0 Å². The molecule has 1 rings (SSSR count). The minimum Gasteiger partial charge on any atom is -0.354 e. The fourth-order valence-electron chi connectivity index (χ4n) is 2.17. The van der Waals surface area contributed by atoms with Gasteiger partial charge >= 0.3 is 0 Å². The van der Waals surface area contributed by atoms with E-state index in [2.05, 4.69) is 17.6 Å². The van der Waals surface area contributed by atoms with Gasteiger partial charge in [-0.3, -0.25) is 9.59 Å². The lowest BCUT2D eigenvalue weighted by Crippen LogP contribution is -2.49. The number of carbonyl (C=O) groups is 2. The van der Waals surface area contributed by atoms with Crippen LogP contribution in [0.2, 0.25) is 0 Å². The highest BCUT2D eigenvalue weighted by molar-refractivity contribution is 5.89. The fraction of sp³-hybridized carbons (Fsp3) is 0.846. The summed E-state index contributed by atoms with van der Waals surface area (Å²) >= 11 is 0. The lowest BCUT2D eigenvalue weighted by atomic mass is 9.86. The molecule has 0 aromatic heterocycles. The number of rotatable bonds is 4. The Morgan fingerprint density at radius 2 is 2.18 bits per heavy atom. The molecule has 4 nitrogen and oxygen atoms in total. The molecule has 0 aromatic carbocycles. The largest absolute Gasteiger partial charge is 0.354 e. The molecule has 1 aliphatic rings. The molecule has 2 amide bonds. The van der Waals surface area contributed by atoms with E-state index in [0.29, 0.717) is 0 Å². The summed E-state index contributed by atoms with van der Waals surface area (Å²) in [5, 5.41) is 5.71. The zero-order chi connectivity index (χ0) is 12.9. The van der Waals surface area contributed by atoms with E-state index in [9.17, 15) is 9.59 Å². The van der Waals surface area contributed by atoms with Gasteiger partial charge in [0.25, 0.3) is 0 Å². The van der Waals surface area contributed by atoms with Crippen LogP contribution in [0.15, 0.2) is 0 Å². The molecular weight excluding hydrogens is 216 g/mol. The second kappa shape index (κ2) is 6.03. The summed E-state index contributed by atoms with van der Waals surface area (Å²) in [6.07, 6.45) is 4.54. The topological polar surface area (TPSA) is 58.2 Å². The number of amides is 2. The Hall–Kier alpha value is -1.06. The van der Waals surface area contributed by atoms with Crippen molar-refractivity contribution in [2.24, 2.45) is 5.41 Å². The second-order valence-electron chi connectivity index (χ2n) is 5.45. The molecule has 1 fully saturated rings. The van der Waals surface area contributed by atoms with Gasteiger partial charge in [0.2, 0.25) is 11.8 Å². The zero-order valence-corrected chi connectivity index (χ0v) is 11.1. The van der Waals surface area contributed by atoms with Crippen LogP contribution in [0.3, 0.4) is 0 Å². The van der Waals surface area contributed by atoms with Crippen molar-refractivity contribution in [3.63, 3.8) is 0 Å². The molecule has 17 heavy (non-hydrogen) atoms. The first-order valence-electron chi connectivity index (χ1n) is 6.56. The van der Waals surface area contributed by atoms with E-state index >= 15 is 0 Å². The van der Waals surface area contributed by atoms with Crippen LogP contribution < -0.4 is 10.6 Å². The highest BCUT2D eigenvalue weighted by Gasteiger charge is 2.30. The molecule has 0 aliphatic carbocycles. The molecule has 0 aromatic rings. The van der Waals surface area contributed by atoms with Gasteiger partial charge in [-0.1, -0.05) is 27.2 Å². The lowest BCUT2D eigenvalue weighted by Gasteiger charge is -2.25. The van der Waals surface area contributed by atoms with Crippen LogP contribution in [0.4, 0.5) is 0 Å². The maximum Gasteiger partial charge on any atom is 0.242 e. The summed E-state index contributed by atoms with van der Waals surface area (Å²) in [6.45, 7) is 6.65. The Balaban J connectivity index is 2.57. The molecule has 2 N–H and O–H groups in total. The van der Waals surface area contributed by atoms with Gasteiger partial charge in [-0.15, -0.1) is 0 Å². The average molecular weight is 240 g/mol.